The molecule has 0 aromatic heterocycles. The molecule has 1 aliphatic rings. The van der Waals surface area contributed by atoms with Crippen LogP contribution in [0.5, 0.6) is 0 Å². The van der Waals surface area contributed by atoms with Gasteiger partial charge in [-0.1, -0.05) is 39.3 Å². The van der Waals surface area contributed by atoms with Crippen LogP contribution in [0.2, 0.25) is 0 Å². The summed E-state index contributed by atoms with van der Waals surface area (Å²) in [7, 11) is 0. The zero-order valence-corrected chi connectivity index (χ0v) is 13.3. The van der Waals surface area contributed by atoms with E-state index in [0.29, 0.717) is 17.7 Å². The van der Waals surface area contributed by atoms with E-state index in [2.05, 4.69) is 5.32 Å². The third kappa shape index (κ3) is 2.89. The Kier molecular flexibility index (Phi) is 4.96. The Bertz CT molecular complexity index is 560. The summed E-state index contributed by atoms with van der Waals surface area (Å²) < 4.78 is 0. The number of imide groups is 1. The first-order chi connectivity index (χ1) is 10.5. The van der Waals surface area contributed by atoms with Gasteiger partial charge in [0, 0.05) is 6.54 Å². The Balaban J connectivity index is 2.25. The first-order valence-corrected chi connectivity index (χ1v) is 7.73. The van der Waals surface area contributed by atoms with Crippen molar-refractivity contribution in [3.8, 4) is 0 Å². The van der Waals surface area contributed by atoms with Gasteiger partial charge < -0.3 is 5.32 Å². The molecule has 1 aromatic carbocycles. The molecule has 0 spiro atoms. The number of hydrogen-bond donors (Lipinski definition) is 1. The van der Waals surface area contributed by atoms with Gasteiger partial charge in [-0.25, -0.2) is 0 Å². The fourth-order valence-corrected chi connectivity index (χ4v) is 2.67. The van der Waals surface area contributed by atoms with Crippen LogP contribution >= 0.6 is 0 Å². The number of fused-ring (bicyclic) bond motifs is 1. The van der Waals surface area contributed by atoms with Crippen LogP contribution < -0.4 is 5.32 Å². The second-order valence-corrected chi connectivity index (χ2v) is 5.86. The maximum Gasteiger partial charge on any atom is 0.262 e. The first-order valence-electron chi connectivity index (χ1n) is 7.73. The monoisotopic (exact) mass is 302 g/mol. The third-order valence-electron chi connectivity index (χ3n) is 3.83. The van der Waals surface area contributed by atoms with E-state index in [1.807, 2.05) is 20.8 Å². The smallest absolute Gasteiger partial charge is 0.262 e. The number of amides is 3. The molecule has 0 radical (unpaired) electrons. The van der Waals surface area contributed by atoms with Crippen molar-refractivity contribution in [1.82, 2.24) is 10.2 Å². The Morgan fingerprint density at radius 1 is 1.14 bits per heavy atom. The number of nitrogens with zero attached hydrogens (tertiary/aromatic N) is 1. The lowest BCUT2D eigenvalue weighted by atomic mass is 10.0. The van der Waals surface area contributed by atoms with Crippen molar-refractivity contribution in [2.45, 2.75) is 39.7 Å². The maximum absolute atomic E-state index is 12.5. The van der Waals surface area contributed by atoms with Crippen LogP contribution in [0.3, 0.4) is 0 Å². The van der Waals surface area contributed by atoms with Gasteiger partial charge in [-0.2, -0.15) is 0 Å². The molecule has 1 atom stereocenters. The summed E-state index contributed by atoms with van der Waals surface area (Å²) in [5.41, 5.74) is 0.749. The fraction of sp³-hybridized carbons (Fsp3) is 0.471. The van der Waals surface area contributed by atoms with E-state index in [0.717, 1.165) is 17.7 Å². The molecule has 118 valence electrons. The number of unbranched alkanes of at least 4 members (excludes halogenated alkanes) is 1. The van der Waals surface area contributed by atoms with E-state index in [1.54, 1.807) is 24.3 Å². The highest BCUT2D eigenvalue weighted by Crippen LogP contribution is 2.27. The molecule has 0 aliphatic carbocycles. The van der Waals surface area contributed by atoms with E-state index in [9.17, 15) is 14.4 Å². The molecule has 5 nitrogen and oxygen atoms in total. The third-order valence-corrected chi connectivity index (χ3v) is 3.83. The Labute approximate surface area is 130 Å². The van der Waals surface area contributed by atoms with Gasteiger partial charge in [0.05, 0.1) is 11.1 Å². The molecular weight excluding hydrogens is 280 g/mol. The molecule has 0 saturated carbocycles. The number of hydrogen-bond acceptors (Lipinski definition) is 3. The van der Waals surface area contributed by atoms with Crippen LogP contribution in [0.1, 0.15) is 54.3 Å². The molecule has 0 fully saturated rings. The lowest BCUT2D eigenvalue weighted by molar-refractivity contribution is -0.126. The molecule has 1 aromatic rings. The van der Waals surface area contributed by atoms with Crippen molar-refractivity contribution in [3.05, 3.63) is 35.4 Å². The molecule has 1 heterocycles. The summed E-state index contributed by atoms with van der Waals surface area (Å²) in [4.78, 5) is 38.6. The zero-order valence-electron chi connectivity index (χ0n) is 13.3. The van der Waals surface area contributed by atoms with Crippen LogP contribution in [-0.2, 0) is 4.79 Å². The van der Waals surface area contributed by atoms with Crippen molar-refractivity contribution in [2.75, 3.05) is 6.54 Å². The van der Waals surface area contributed by atoms with Crippen molar-refractivity contribution in [1.29, 1.82) is 0 Å². The minimum Gasteiger partial charge on any atom is -0.354 e. The van der Waals surface area contributed by atoms with Gasteiger partial charge in [-0.05, 0) is 24.5 Å². The Morgan fingerprint density at radius 3 is 2.14 bits per heavy atom. The lowest BCUT2D eigenvalue weighted by Crippen LogP contribution is -2.52. The number of carbonyl (C=O) groups excluding carboxylic acids is 3. The Morgan fingerprint density at radius 2 is 1.68 bits per heavy atom. The lowest BCUT2D eigenvalue weighted by Gasteiger charge is -2.28. The van der Waals surface area contributed by atoms with Gasteiger partial charge in [0.1, 0.15) is 6.04 Å². The number of rotatable bonds is 6. The minimum atomic E-state index is -0.774. The molecule has 2 rings (SSSR count). The summed E-state index contributed by atoms with van der Waals surface area (Å²) in [6.45, 7) is 6.28. The van der Waals surface area contributed by atoms with E-state index in [-0.39, 0.29) is 23.6 Å². The highest BCUT2D eigenvalue weighted by atomic mass is 16.2. The van der Waals surface area contributed by atoms with Crippen LogP contribution in [0.4, 0.5) is 0 Å². The van der Waals surface area contributed by atoms with Gasteiger partial charge in [0.25, 0.3) is 11.8 Å². The average molecular weight is 302 g/mol. The van der Waals surface area contributed by atoms with E-state index in [4.69, 9.17) is 0 Å². The highest BCUT2D eigenvalue weighted by molar-refractivity contribution is 6.22. The van der Waals surface area contributed by atoms with Crippen LogP contribution in [0.15, 0.2) is 24.3 Å². The van der Waals surface area contributed by atoms with E-state index in [1.165, 1.54) is 0 Å². The highest BCUT2D eigenvalue weighted by Gasteiger charge is 2.43. The summed E-state index contributed by atoms with van der Waals surface area (Å²) in [6, 6.07) is 5.92. The van der Waals surface area contributed by atoms with E-state index >= 15 is 0 Å². The largest absolute Gasteiger partial charge is 0.354 e. The zero-order chi connectivity index (χ0) is 16.3. The predicted molar refractivity (Wildman–Crippen MR) is 83.5 cm³/mol. The van der Waals surface area contributed by atoms with Gasteiger partial charge in [-0.15, -0.1) is 0 Å². The standard InChI is InChI=1S/C17H22N2O3/c1-4-5-10-18-15(20)14(11(2)3)19-16(21)12-8-6-7-9-13(12)17(19)22/h6-9,11,14H,4-5,10H2,1-3H3,(H,18,20). The number of benzene rings is 1. The number of carbonyl (C=O) groups is 3. The quantitative estimate of drug-likeness (QED) is 0.647. The maximum atomic E-state index is 12.5. The summed E-state index contributed by atoms with van der Waals surface area (Å²) >= 11 is 0. The average Bonchev–Trinajstić information content (AvgIpc) is 2.73. The van der Waals surface area contributed by atoms with Gasteiger partial charge in [0.2, 0.25) is 5.91 Å². The van der Waals surface area contributed by atoms with Crippen LogP contribution in [0, 0.1) is 5.92 Å². The topological polar surface area (TPSA) is 66.5 Å². The molecule has 22 heavy (non-hydrogen) atoms. The summed E-state index contributed by atoms with van der Waals surface area (Å²) in [5.74, 6) is -1.18. The molecule has 0 saturated heterocycles. The normalized spacial score (nSPS) is 15.2. The van der Waals surface area contributed by atoms with Gasteiger partial charge >= 0.3 is 0 Å². The second kappa shape index (κ2) is 6.73. The molecule has 1 aliphatic heterocycles. The van der Waals surface area contributed by atoms with E-state index < -0.39 is 6.04 Å². The minimum absolute atomic E-state index is 0.149. The molecule has 1 unspecified atom stereocenters. The van der Waals surface area contributed by atoms with Crippen LogP contribution in [-0.4, -0.2) is 35.2 Å². The molecule has 0 bridgehead atoms. The predicted octanol–water partition coefficient (Wildman–Crippen LogP) is 2.22. The molecular formula is C17H22N2O3. The molecule has 3 amide bonds. The second-order valence-electron chi connectivity index (χ2n) is 5.86. The number of nitrogens with one attached hydrogen (secondary N) is 1. The SMILES string of the molecule is CCCCNC(=O)C(C(C)C)N1C(=O)c2ccccc2C1=O. The van der Waals surface area contributed by atoms with Crippen molar-refractivity contribution < 1.29 is 14.4 Å². The van der Waals surface area contributed by atoms with Crippen molar-refractivity contribution in [3.63, 3.8) is 0 Å². The molecule has 5 heteroatoms. The summed E-state index contributed by atoms with van der Waals surface area (Å²) in [5, 5.41) is 2.82. The van der Waals surface area contributed by atoms with Crippen molar-refractivity contribution >= 4 is 17.7 Å². The summed E-state index contributed by atoms with van der Waals surface area (Å²) in [6.07, 6.45) is 1.85. The molecule has 1 N–H and O–H groups in total. The van der Waals surface area contributed by atoms with Crippen LogP contribution in [0.25, 0.3) is 0 Å². The van der Waals surface area contributed by atoms with Crippen molar-refractivity contribution in [2.24, 2.45) is 5.92 Å². The van der Waals surface area contributed by atoms with Gasteiger partial charge in [-0.3, -0.25) is 19.3 Å². The van der Waals surface area contributed by atoms with Gasteiger partial charge in [0.15, 0.2) is 0 Å². The fourth-order valence-electron chi connectivity index (χ4n) is 2.67. The Hall–Kier alpha value is -2.17. The first kappa shape index (κ1) is 16.2.